The van der Waals surface area contributed by atoms with Crippen LogP contribution in [0.2, 0.25) is 0 Å². The van der Waals surface area contributed by atoms with E-state index in [0.717, 1.165) is 36.2 Å². The Labute approximate surface area is 472 Å². The molecule has 0 aromatic heterocycles. The molecular formula is C55H73ClN6O15S2. The molecule has 0 aromatic rings. The summed E-state index contributed by atoms with van der Waals surface area (Å²) >= 11 is 10.6. The average Bonchev–Trinajstić information content (AvgIpc) is 2.82. The highest BCUT2D eigenvalue weighted by atomic mass is 35.5. The van der Waals surface area contributed by atoms with Crippen LogP contribution in [0.15, 0.2) is 33.6 Å². The highest BCUT2D eigenvalue weighted by Gasteiger charge is 2.81. The fourth-order valence-electron chi connectivity index (χ4n) is 14.6. The van der Waals surface area contributed by atoms with Crippen molar-refractivity contribution in [3.05, 3.63) is 33.6 Å². The lowest BCUT2D eigenvalue weighted by Crippen LogP contribution is -2.69. The topological polar surface area (TPSA) is 310 Å². The Morgan fingerprint density at radius 3 is 2.09 bits per heavy atom. The van der Waals surface area contributed by atoms with E-state index in [0.29, 0.717) is 40.9 Å². The molecule has 2 heterocycles. The summed E-state index contributed by atoms with van der Waals surface area (Å²) in [6.07, 6.45) is 8.04. The number of hydrogen-bond acceptors (Lipinski definition) is 16. The van der Waals surface area contributed by atoms with Gasteiger partial charge in [0.15, 0.2) is 11.4 Å². The maximum Gasteiger partial charge on any atom is 0.306 e. The number of carboxylic acids is 1. The summed E-state index contributed by atoms with van der Waals surface area (Å²) in [5.74, 6) is -7.51. The van der Waals surface area contributed by atoms with Gasteiger partial charge in [0, 0.05) is 52.0 Å². The van der Waals surface area contributed by atoms with Crippen molar-refractivity contribution in [2.75, 3.05) is 33.0 Å². The number of aliphatic hydroxyl groups excluding tert-OH is 1. The maximum absolute atomic E-state index is 14.5. The Morgan fingerprint density at radius 1 is 0.848 bits per heavy atom. The van der Waals surface area contributed by atoms with E-state index in [9.17, 15) is 63.0 Å². The number of aliphatic carboxylic acids is 1. The number of carboxylic acid groups (broad SMARTS) is 1. The summed E-state index contributed by atoms with van der Waals surface area (Å²) in [5, 5.41) is 33.4. The number of thioether (sulfide) groups is 2. The number of nitrogens with one attached hydrogen (secondary N) is 5. The summed E-state index contributed by atoms with van der Waals surface area (Å²) in [5.41, 5.74) is -2.78. The third kappa shape index (κ3) is 10.3. The summed E-state index contributed by atoms with van der Waals surface area (Å²) in [4.78, 5) is 144. The Bertz CT molecular complexity index is 2680. The normalized spacial score (nSPS) is 34.6. The number of nitrogens with zero attached hydrogens (tertiary/aromatic N) is 1. The number of Topliss-reactive ketones (excluding diaryl/α,β-unsaturated/α-hetero) is 1. The van der Waals surface area contributed by atoms with Gasteiger partial charge in [-0.25, -0.2) is 0 Å². The zero-order valence-corrected chi connectivity index (χ0v) is 48.1. The lowest BCUT2D eigenvalue weighted by molar-refractivity contribution is -0.203. The SMILES string of the molecule is CCC(=O)O[C@]1(C(=O)COCNC(=O)CNC(=O)CNC(=O)[C@H](C)NC(=O)[C@H](CCC(=O)O)NC(=O)CCN2C(=O)C3=C(SC4(CC)C(C5CC5)C4(CC)S3)C2=O)[C@@H](C)CC2[C@@H]3CCC4=CC(=O)C=C[C@]4(C)[C@@]3(Cl)[C@@H](O)C[C@@]21C. The first-order valence-electron chi connectivity index (χ1n) is 27.5. The lowest BCUT2D eigenvalue weighted by Gasteiger charge is -2.64. The number of rotatable bonds is 24. The van der Waals surface area contributed by atoms with Crippen LogP contribution in [0.1, 0.15) is 126 Å². The van der Waals surface area contributed by atoms with Gasteiger partial charge in [0.2, 0.25) is 35.3 Å². The van der Waals surface area contributed by atoms with Crippen LogP contribution in [0.4, 0.5) is 0 Å². The molecule has 0 saturated heterocycles. The number of carbonyl (C=O) groups is 11. The minimum absolute atomic E-state index is 0.0171. The fraction of sp³-hybridized carbons (Fsp3) is 0.691. The van der Waals surface area contributed by atoms with Gasteiger partial charge in [-0.2, -0.15) is 0 Å². The first kappa shape index (κ1) is 60.0. The van der Waals surface area contributed by atoms with Gasteiger partial charge in [0.1, 0.15) is 25.4 Å². The number of ketones is 2. The van der Waals surface area contributed by atoms with Crippen LogP contribution in [0, 0.1) is 40.4 Å². The average molecular weight is 1160 g/mol. The molecule has 6 aliphatic carbocycles. The first-order chi connectivity index (χ1) is 37.2. The van der Waals surface area contributed by atoms with E-state index in [2.05, 4.69) is 40.4 Å². The first-order valence-corrected chi connectivity index (χ1v) is 29.5. The molecule has 21 nitrogen and oxygen atoms in total. The van der Waals surface area contributed by atoms with Gasteiger partial charge in [-0.05, 0) is 101 Å². The zero-order valence-electron chi connectivity index (χ0n) is 45.7. The van der Waals surface area contributed by atoms with Crippen molar-refractivity contribution in [3.8, 4) is 0 Å². The number of fused-ring (bicyclic) bond motifs is 6. The second-order valence-corrected chi connectivity index (χ2v) is 26.2. The molecule has 0 radical (unpaired) electrons. The number of allylic oxidation sites excluding steroid dienone is 4. The van der Waals surface area contributed by atoms with Crippen molar-refractivity contribution in [1.29, 1.82) is 0 Å². The quantitative estimate of drug-likeness (QED) is 0.0240. The molecular weight excluding hydrogens is 1080 g/mol. The molecule has 0 aromatic carbocycles. The van der Waals surface area contributed by atoms with Crippen LogP contribution in [-0.4, -0.2) is 151 Å². The standard InChI is InChI=1S/C55H73ClN6O15S2/c1-8-42(71)77-55(28(4)21-34-33-14-13-31-22-32(63)17-19-50(31,6)54(33,56)36(64)23-51(34,55)7)37(65)26-76-27-59-40(68)24-57-39(67)25-58-46(72)29(5)60-47(73)35(15-16-41(69)70)61-38(66)18-20-62-48(74)43-44(49(62)75)79-53(10-3)45(30-11-12-30)52(53,9-2)78-43/h17,19,22,28-30,33-36,45,64H,8-16,18,20-21,23-27H2,1-7H3,(H,57,67)(H,58,72)(H,59,68)(H,60,73)(H,61,66)(H,69,70)/t28-,29-,33-,34?,35-,36-,45?,50-,51-,52?,53?,54-,55-/m0/s1. The molecule has 8 aliphatic rings. The van der Waals surface area contributed by atoms with Gasteiger partial charge in [-0.3, -0.25) is 57.6 Å². The Morgan fingerprint density at radius 2 is 1.48 bits per heavy atom. The summed E-state index contributed by atoms with van der Waals surface area (Å²) in [7, 11) is 0. The molecule has 0 bridgehead atoms. The number of aliphatic hydroxyl groups is 1. The van der Waals surface area contributed by atoms with E-state index >= 15 is 0 Å². The van der Waals surface area contributed by atoms with E-state index in [1.54, 1.807) is 19.1 Å². The maximum atomic E-state index is 14.5. The number of hydrogen-bond donors (Lipinski definition) is 7. The minimum atomic E-state index is -1.71. The second-order valence-electron chi connectivity index (χ2n) is 22.9. The van der Waals surface area contributed by atoms with Crippen molar-refractivity contribution < 1.29 is 72.4 Å². The van der Waals surface area contributed by atoms with Crippen molar-refractivity contribution in [3.63, 3.8) is 0 Å². The monoisotopic (exact) mass is 1160 g/mol. The van der Waals surface area contributed by atoms with Crippen LogP contribution in [0.3, 0.4) is 0 Å². The third-order valence-corrected chi connectivity index (χ3v) is 23.6. The number of halogens is 1. The number of amides is 7. The molecule has 7 amide bonds. The van der Waals surface area contributed by atoms with Crippen LogP contribution < -0.4 is 26.6 Å². The molecule has 24 heteroatoms. The van der Waals surface area contributed by atoms with E-state index in [4.69, 9.17) is 21.1 Å². The molecule has 432 valence electrons. The molecule has 7 N–H and O–H groups in total. The highest BCUT2D eigenvalue weighted by Crippen LogP contribution is 2.83. The molecule has 5 fully saturated rings. The van der Waals surface area contributed by atoms with Gasteiger partial charge in [-0.15, -0.1) is 35.1 Å². The number of imide groups is 1. The van der Waals surface area contributed by atoms with Gasteiger partial charge in [-0.1, -0.05) is 53.2 Å². The van der Waals surface area contributed by atoms with E-state index in [1.807, 2.05) is 20.8 Å². The molecule has 0 spiro atoms. The predicted octanol–water partition coefficient (Wildman–Crippen LogP) is 3.10. The van der Waals surface area contributed by atoms with E-state index in [1.165, 1.54) is 36.5 Å². The van der Waals surface area contributed by atoms with Crippen LogP contribution >= 0.6 is 35.1 Å². The Balaban J connectivity index is 0.769. The summed E-state index contributed by atoms with van der Waals surface area (Å²) < 4.78 is 11.6. The Kier molecular flexibility index (Phi) is 17.2. The molecule has 8 rings (SSSR count). The number of alkyl halides is 1. The van der Waals surface area contributed by atoms with E-state index in [-0.39, 0.29) is 59.3 Å². The zero-order chi connectivity index (χ0) is 57.8. The molecule has 3 unspecified atom stereocenters. The predicted molar refractivity (Wildman–Crippen MR) is 289 cm³/mol. The fourth-order valence-corrected chi connectivity index (χ4v) is 19.3. The molecule has 12 atom stereocenters. The van der Waals surface area contributed by atoms with Gasteiger partial charge >= 0.3 is 11.9 Å². The summed E-state index contributed by atoms with van der Waals surface area (Å²) in [6.45, 7) is 10.3. The van der Waals surface area contributed by atoms with Gasteiger partial charge < -0.3 is 46.3 Å². The van der Waals surface area contributed by atoms with Crippen LogP contribution in [0.5, 0.6) is 0 Å². The Hall–Kier alpha value is -5.10. The molecule has 5 saturated carbocycles. The lowest BCUT2D eigenvalue weighted by atomic mass is 9.45. The third-order valence-electron chi connectivity index (χ3n) is 18.7. The number of carbonyl (C=O) groups excluding carboxylic acids is 10. The van der Waals surface area contributed by atoms with Crippen molar-refractivity contribution in [1.82, 2.24) is 31.5 Å². The molecule has 2 aliphatic heterocycles. The smallest absolute Gasteiger partial charge is 0.306 e. The minimum Gasteiger partial charge on any atom is -0.481 e. The van der Waals surface area contributed by atoms with E-state index < -0.39 is 137 Å². The van der Waals surface area contributed by atoms with Crippen molar-refractivity contribution in [2.24, 2.45) is 40.4 Å². The molecule has 79 heavy (non-hydrogen) atoms. The van der Waals surface area contributed by atoms with Gasteiger partial charge in [0.25, 0.3) is 11.8 Å². The van der Waals surface area contributed by atoms with Crippen LogP contribution in [0.25, 0.3) is 0 Å². The number of esters is 1. The highest BCUT2D eigenvalue weighted by molar-refractivity contribution is 8.14. The van der Waals surface area contributed by atoms with Crippen molar-refractivity contribution in [2.45, 2.75) is 164 Å². The van der Waals surface area contributed by atoms with Crippen molar-refractivity contribution >= 4 is 100.0 Å². The largest absolute Gasteiger partial charge is 0.481 e. The van der Waals surface area contributed by atoms with Crippen LogP contribution in [-0.2, 0) is 62.2 Å². The van der Waals surface area contributed by atoms with Gasteiger partial charge in [0.05, 0.1) is 33.9 Å². The summed E-state index contributed by atoms with van der Waals surface area (Å²) in [6, 6.07) is -2.70. The number of ether oxygens (including phenoxy) is 2. The second kappa shape index (κ2) is 22.7.